The summed E-state index contributed by atoms with van der Waals surface area (Å²) in [6.45, 7) is 3.13. The molecule has 1 N–H and O–H groups in total. The predicted octanol–water partition coefficient (Wildman–Crippen LogP) is 7.11. The predicted molar refractivity (Wildman–Crippen MR) is 138 cm³/mol. The van der Waals surface area contributed by atoms with E-state index in [4.69, 9.17) is 9.47 Å². The van der Waals surface area contributed by atoms with E-state index >= 15 is 0 Å². The maximum atomic E-state index is 12.3. The van der Waals surface area contributed by atoms with E-state index in [0.29, 0.717) is 24.5 Å². The Bertz CT molecular complexity index is 1060. The second-order valence-corrected chi connectivity index (χ2v) is 9.43. The zero-order chi connectivity index (χ0) is 22.9. The van der Waals surface area contributed by atoms with Gasteiger partial charge in [0.15, 0.2) is 0 Å². The number of hydrazone groups is 1. The number of hydrogen-bond acceptors (Lipinski definition) is 4. The molecule has 0 saturated heterocycles. The topological polar surface area (TPSA) is 59.9 Å². The monoisotopic (exact) mass is 622 g/mol. The van der Waals surface area contributed by atoms with Gasteiger partial charge in [-0.1, -0.05) is 35.0 Å². The van der Waals surface area contributed by atoms with E-state index in [0.717, 1.165) is 36.7 Å². The van der Waals surface area contributed by atoms with Gasteiger partial charge in [-0.2, -0.15) is 5.10 Å². The molecule has 0 fully saturated rings. The van der Waals surface area contributed by atoms with Crippen molar-refractivity contribution in [3.05, 3.63) is 90.8 Å². The third-order valence-electron chi connectivity index (χ3n) is 4.29. The van der Waals surface area contributed by atoms with Crippen LogP contribution in [0.3, 0.4) is 0 Å². The first kappa shape index (κ1) is 24.5. The van der Waals surface area contributed by atoms with Gasteiger partial charge in [0, 0.05) is 10.0 Å². The molecule has 166 valence electrons. The van der Waals surface area contributed by atoms with Crippen molar-refractivity contribution in [2.45, 2.75) is 20.0 Å². The van der Waals surface area contributed by atoms with Gasteiger partial charge in [-0.3, -0.25) is 4.79 Å². The highest BCUT2D eigenvalue weighted by molar-refractivity contribution is 9.11. The van der Waals surface area contributed by atoms with Gasteiger partial charge in [0.2, 0.25) is 0 Å². The summed E-state index contributed by atoms with van der Waals surface area (Å²) >= 11 is 10.5. The lowest BCUT2D eigenvalue weighted by molar-refractivity contribution is 0.0955. The second kappa shape index (κ2) is 12.2. The lowest BCUT2D eigenvalue weighted by Gasteiger charge is -2.11. The zero-order valence-electron chi connectivity index (χ0n) is 17.3. The molecule has 32 heavy (non-hydrogen) atoms. The molecule has 0 bridgehead atoms. The van der Waals surface area contributed by atoms with Gasteiger partial charge < -0.3 is 9.47 Å². The number of rotatable bonds is 9. The Morgan fingerprint density at radius 2 is 1.62 bits per heavy atom. The molecular weight excluding hydrogens is 604 g/mol. The van der Waals surface area contributed by atoms with Crippen molar-refractivity contribution in [3.8, 4) is 11.5 Å². The molecule has 0 atom stereocenters. The van der Waals surface area contributed by atoms with Crippen molar-refractivity contribution in [2.24, 2.45) is 5.10 Å². The van der Waals surface area contributed by atoms with Crippen molar-refractivity contribution in [1.29, 1.82) is 0 Å². The number of ether oxygens (including phenoxy) is 2. The summed E-state index contributed by atoms with van der Waals surface area (Å²) in [6.07, 6.45) is 2.51. The fraction of sp³-hybridized carbons (Fsp3) is 0.167. The minimum absolute atomic E-state index is 0.295. The summed E-state index contributed by atoms with van der Waals surface area (Å²) in [4.78, 5) is 12.3. The van der Waals surface area contributed by atoms with E-state index in [9.17, 15) is 4.79 Å². The normalized spacial score (nSPS) is 10.9. The Morgan fingerprint density at radius 3 is 2.25 bits per heavy atom. The average molecular weight is 625 g/mol. The van der Waals surface area contributed by atoms with Gasteiger partial charge in [-0.25, -0.2) is 5.43 Å². The lowest BCUT2D eigenvalue weighted by atomic mass is 10.2. The molecule has 3 aromatic rings. The first-order chi connectivity index (χ1) is 15.5. The highest BCUT2D eigenvalue weighted by atomic mass is 79.9. The van der Waals surface area contributed by atoms with Crippen LogP contribution in [0.15, 0.2) is 79.2 Å². The Hall–Kier alpha value is -2.16. The highest BCUT2D eigenvalue weighted by Crippen LogP contribution is 2.35. The summed E-state index contributed by atoms with van der Waals surface area (Å²) in [7, 11) is 0. The summed E-state index contributed by atoms with van der Waals surface area (Å²) in [6, 6.07) is 18.7. The molecule has 0 heterocycles. The van der Waals surface area contributed by atoms with Gasteiger partial charge in [-0.05, 0) is 97.9 Å². The average Bonchev–Trinajstić information content (AvgIpc) is 2.78. The Labute approximate surface area is 212 Å². The van der Waals surface area contributed by atoms with Crippen molar-refractivity contribution >= 4 is 59.9 Å². The molecule has 0 unspecified atom stereocenters. The number of halogens is 3. The first-order valence-electron chi connectivity index (χ1n) is 9.89. The van der Waals surface area contributed by atoms with E-state index in [2.05, 4.69) is 58.3 Å². The highest BCUT2D eigenvalue weighted by Gasteiger charge is 2.09. The van der Waals surface area contributed by atoms with Gasteiger partial charge in [-0.15, -0.1) is 0 Å². The number of benzene rings is 3. The summed E-state index contributed by atoms with van der Waals surface area (Å²) in [5.41, 5.74) is 4.90. The summed E-state index contributed by atoms with van der Waals surface area (Å²) < 4.78 is 14.1. The van der Waals surface area contributed by atoms with Crippen LogP contribution in [0.1, 0.15) is 34.8 Å². The number of nitrogens with one attached hydrogen (secondary N) is 1. The van der Waals surface area contributed by atoms with Gasteiger partial charge in [0.25, 0.3) is 5.91 Å². The van der Waals surface area contributed by atoms with E-state index < -0.39 is 0 Å². The third kappa shape index (κ3) is 7.18. The maximum Gasteiger partial charge on any atom is 0.271 e. The minimum Gasteiger partial charge on any atom is -0.494 e. The molecule has 0 saturated carbocycles. The Morgan fingerprint density at radius 1 is 0.969 bits per heavy atom. The Kier molecular flexibility index (Phi) is 9.32. The molecule has 0 aromatic heterocycles. The number of carbonyl (C=O) groups excluding carboxylic acids is 1. The molecule has 0 aliphatic carbocycles. The lowest BCUT2D eigenvalue weighted by Crippen LogP contribution is -2.17. The quantitative estimate of drug-likeness (QED) is 0.204. The fourth-order valence-electron chi connectivity index (χ4n) is 2.68. The standard InChI is InChI=1S/C24H21Br3N2O3/c1-2-11-31-20-9-5-18(6-10-20)24(30)29-28-14-17-12-21(26)23(22(27)13-17)32-15-16-3-7-19(25)8-4-16/h3-10,12-14H,2,11,15H2,1H3,(H,29,30)/b28-14-. The van der Waals surface area contributed by atoms with Crippen molar-refractivity contribution in [2.75, 3.05) is 6.61 Å². The molecule has 0 aliphatic rings. The maximum absolute atomic E-state index is 12.3. The zero-order valence-corrected chi connectivity index (χ0v) is 22.0. The van der Waals surface area contributed by atoms with Gasteiger partial charge in [0.05, 0.1) is 21.8 Å². The minimum atomic E-state index is -0.295. The first-order valence-corrected chi connectivity index (χ1v) is 12.3. The van der Waals surface area contributed by atoms with Gasteiger partial charge >= 0.3 is 0 Å². The van der Waals surface area contributed by atoms with Crippen LogP contribution in [-0.4, -0.2) is 18.7 Å². The van der Waals surface area contributed by atoms with Gasteiger partial charge in [0.1, 0.15) is 18.1 Å². The van der Waals surface area contributed by atoms with Crippen LogP contribution in [0.25, 0.3) is 0 Å². The van der Waals surface area contributed by atoms with E-state index in [1.54, 1.807) is 30.5 Å². The van der Waals surface area contributed by atoms with Crippen LogP contribution < -0.4 is 14.9 Å². The third-order valence-corrected chi connectivity index (χ3v) is 5.99. The molecule has 0 aliphatic heterocycles. The smallest absolute Gasteiger partial charge is 0.271 e. The van der Waals surface area contributed by atoms with Crippen LogP contribution in [0.2, 0.25) is 0 Å². The molecule has 1 amide bonds. The van der Waals surface area contributed by atoms with Crippen LogP contribution in [0, 0.1) is 0 Å². The van der Waals surface area contributed by atoms with Crippen molar-refractivity contribution in [1.82, 2.24) is 5.43 Å². The van der Waals surface area contributed by atoms with E-state index in [1.807, 2.05) is 43.3 Å². The van der Waals surface area contributed by atoms with Crippen LogP contribution in [-0.2, 0) is 6.61 Å². The molecule has 3 aromatic carbocycles. The van der Waals surface area contributed by atoms with Crippen LogP contribution in [0.4, 0.5) is 0 Å². The number of hydrogen-bond donors (Lipinski definition) is 1. The molecule has 0 radical (unpaired) electrons. The second-order valence-electron chi connectivity index (χ2n) is 6.80. The van der Waals surface area contributed by atoms with E-state index in [-0.39, 0.29) is 5.91 Å². The molecule has 3 rings (SSSR count). The van der Waals surface area contributed by atoms with Crippen LogP contribution in [0.5, 0.6) is 11.5 Å². The molecule has 8 heteroatoms. The number of nitrogens with zero attached hydrogens (tertiary/aromatic N) is 1. The molecule has 0 spiro atoms. The summed E-state index contributed by atoms with van der Waals surface area (Å²) in [5, 5.41) is 4.06. The molecule has 5 nitrogen and oxygen atoms in total. The van der Waals surface area contributed by atoms with E-state index in [1.165, 1.54) is 0 Å². The SMILES string of the molecule is CCCOc1ccc(C(=O)N/N=C\c2cc(Br)c(OCc3ccc(Br)cc3)c(Br)c2)cc1. The number of carbonyl (C=O) groups is 1. The summed E-state index contributed by atoms with van der Waals surface area (Å²) in [5.74, 6) is 1.14. The number of amides is 1. The fourth-order valence-corrected chi connectivity index (χ4v) is 4.40. The largest absolute Gasteiger partial charge is 0.494 e. The van der Waals surface area contributed by atoms with Crippen molar-refractivity contribution in [3.63, 3.8) is 0 Å². The van der Waals surface area contributed by atoms with Crippen LogP contribution >= 0.6 is 47.8 Å². The molecular formula is C24H21Br3N2O3. The Balaban J connectivity index is 1.58. The van der Waals surface area contributed by atoms with Crippen molar-refractivity contribution < 1.29 is 14.3 Å².